The molecule has 1 aromatic heterocycles. The molecule has 1 aliphatic rings. The van der Waals surface area contributed by atoms with Crippen molar-refractivity contribution in [3.05, 3.63) is 11.9 Å². The first-order valence-electron chi connectivity index (χ1n) is 7.53. The minimum Gasteiger partial charge on any atom is -0.384 e. The highest BCUT2D eigenvalue weighted by atomic mass is 15.2. The molecule has 1 heterocycles. The summed E-state index contributed by atoms with van der Waals surface area (Å²) in [5.74, 6) is 3.09. The summed E-state index contributed by atoms with van der Waals surface area (Å²) >= 11 is 0. The maximum atomic E-state index is 5.94. The topological polar surface area (TPSA) is 55.0 Å². The van der Waals surface area contributed by atoms with Gasteiger partial charge in [0.05, 0.1) is 0 Å². The molecule has 0 aromatic carbocycles. The Hall–Kier alpha value is -1.32. The molecule has 1 saturated carbocycles. The van der Waals surface area contributed by atoms with E-state index in [-0.39, 0.29) is 0 Å². The van der Waals surface area contributed by atoms with E-state index in [9.17, 15) is 0 Å². The molecule has 2 rings (SSSR count). The van der Waals surface area contributed by atoms with Gasteiger partial charge in [0.1, 0.15) is 17.5 Å². The van der Waals surface area contributed by atoms with Crippen molar-refractivity contribution in [3.63, 3.8) is 0 Å². The van der Waals surface area contributed by atoms with E-state index in [2.05, 4.69) is 30.7 Å². The lowest BCUT2D eigenvalue weighted by Crippen LogP contribution is -2.33. The highest BCUT2D eigenvalue weighted by Gasteiger charge is 2.28. The van der Waals surface area contributed by atoms with E-state index in [1.807, 2.05) is 6.07 Å². The lowest BCUT2D eigenvalue weighted by molar-refractivity contribution is 0.617. The number of nitrogen functional groups attached to an aromatic ring is 1. The number of aromatic nitrogens is 2. The molecule has 0 atom stereocenters. The van der Waals surface area contributed by atoms with Crippen LogP contribution in [0.2, 0.25) is 0 Å². The predicted molar refractivity (Wildman–Crippen MR) is 80.4 cm³/mol. The fourth-order valence-electron chi connectivity index (χ4n) is 2.31. The Morgan fingerprint density at radius 3 is 2.63 bits per heavy atom. The molecular formula is C15H26N4. The Kier molecular flexibility index (Phi) is 4.61. The number of hydrogen-bond acceptors (Lipinski definition) is 4. The van der Waals surface area contributed by atoms with Crippen LogP contribution in [0.3, 0.4) is 0 Å². The van der Waals surface area contributed by atoms with Gasteiger partial charge in [-0.2, -0.15) is 0 Å². The van der Waals surface area contributed by atoms with Crippen LogP contribution in [-0.2, 0) is 0 Å². The van der Waals surface area contributed by atoms with Gasteiger partial charge in [-0.05, 0) is 33.1 Å². The van der Waals surface area contributed by atoms with E-state index < -0.39 is 0 Å². The number of nitrogens with zero attached hydrogens (tertiary/aromatic N) is 3. The average molecular weight is 262 g/mol. The molecule has 0 amide bonds. The standard InChI is InChI=1S/C15H26N4/c1-4-5-6-9-19(11(2)3)14-10-13(16)17-15(18-14)12-7-8-12/h10-12H,4-9H2,1-3H3,(H2,16,17,18). The molecule has 0 unspecified atom stereocenters. The summed E-state index contributed by atoms with van der Waals surface area (Å²) in [6.07, 6.45) is 6.13. The number of rotatable bonds is 7. The van der Waals surface area contributed by atoms with Crippen LogP contribution in [0.25, 0.3) is 0 Å². The van der Waals surface area contributed by atoms with Crippen molar-refractivity contribution in [1.82, 2.24) is 9.97 Å². The molecule has 1 aromatic rings. The van der Waals surface area contributed by atoms with Crippen LogP contribution in [0.15, 0.2) is 6.07 Å². The van der Waals surface area contributed by atoms with E-state index in [0.717, 1.165) is 18.2 Å². The summed E-state index contributed by atoms with van der Waals surface area (Å²) in [5.41, 5.74) is 5.94. The Morgan fingerprint density at radius 1 is 1.32 bits per heavy atom. The average Bonchev–Trinajstić information content (AvgIpc) is 3.17. The van der Waals surface area contributed by atoms with Crippen LogP contribution in [-0.4, -0.2) is 22.6 Å². The van der Waals surface area contributed by atoms with Gasteiger partial charge >= 0.3 is 0 Å². The molecule has 0 aliphatic heterocycles. The molecule has 0 spiro atoms. The molecule has 19 heavy (non-hydrogen) atoms. The molecule has 4 nitrogen and oxygen atoms in total. The largest absolute Gasteiger partial charge is 0.384 e. The van der Waals surface area contributed by atoms with Gasteiger partial charge in [0.2, 0.25) is 0 Å². The van der Waals surface area contributed by atoms with Crippen molar-refractivity contribution in [2.45, 2.75) is 64.8 Å². The maximum absolute atomic E-state index is 5.94. The molecular weight excluding hydrogens is 236 g/mol. The van der Waals surface area contributed by atoms with E-state index >= 15 is 0 Å². The van der Waals surface area contributed by atoms with Gasteiger partial charge in [-0.1, -0.05) is 19.8 Å². The second-order valence-electron chi connectivity index (χ2n) is 5.78. The predicted octanol–water partition coefficient (Wildman–Crippen LogP) is 3.34. The zero-order chi connectivity index (χ0) is 13.8. The number of hydrogen-bond donors (Lipinski definition) is 1. The Morgan fingerprint density at radius 2 is 2.05 bits per heavy atom. The Labute approximate surface area is 116 Å². The summed E-state index contributed by atoms with van der Waals surface area (Å²) in [7, 11) is 0. The minimum atomic E-state index is 0.443. The highest BCUT2D eigenvalue weighted by molar-refractivity contribution is 5.48. The third kappa shape index (κ3) is 3.82. The monoisotopic (exact) mass is 262 g/mol. The Bertz CT molecular complexity index is 413. The van der Waals surface area contributed by atoms with Crippen LogP contribution >= 0.6 is 0 Å². The normalized spacial score (nSPS) is 14.9. The van der Waals surface area contributed by atoms with Gasteiger partial charge in [0.25, 0.3) is 0 Å². The summed E-state index contributed by atoms with van der Waals surface area (Å²) in [4.78, 5) is 11.5. The van der Waals surface area contributed by atoms with E-state index in [0.29, 0.717) is 17.8 Å². The number of anilines is 2. The smallest absolute Gasteiger partial charge is 0.136 e. The molecule has 2 N–H and O–H groups in total. The van der Waals surface area contributed by atoms with E-state index in [1.54, 1.807) is 0 Å². The molecule has 0 saturated heterocycles. The zero-order valence-corrected chi connectivity index (χ0v) is 12.4. The summed E-state index contributed by atoms with van der Waals surface area (Å²) < 4.78 is 0. The van der Waals surface area contributed by atoms with Crippen LogP contribution in [0.5, 0.6) is 0 Å². The highest BCUT2D eigenvalue weighted by Crippen LogP contribution is 2.39. The molecule has 1 aliphatic carbocycles. The van der Waals surface area contributed by atoms with Gasteiger partial charge in [-0.25, -0.2) is 9.97 Å². The van der Waals surface area contributed by atoms with Crippen molar-refractivity contribution < 1.29 is 0 Å². The zero-order valence-electron chi connectivity index (χ0n) is 12.4. The van der Waals surface area contributed by atoms with Crippen LogP contribution in [0, 0.1) is 0 Å². The third-order valence-electron chi connectivity index (χ3n) is 3.61. The van der Waals surface area contributed by atoms with E-state index in [1.165, 1.54) is 32.1 Å². The summed E-state index contributed by atoms with van der Waals surface area (Å²) in [5, 5.41) is 0. The van der Waals surface area contributed by atoms with Crippen molar-refractivity contribution >= 4 is 11.6 Å². The molecule has 0 bridgehead atoms. The second kappa shape index (κ2) is 6.22. The Balaban J connectivity index is 2.15. The van der Waals surface area contributed by atoms with E-state index in [4.69, 9.17) is 10.7 Å². The molecule has 1 fully saturated rings. The van der Waals surface area contributed by atoms with Crippen molar-refractivity contribution in [2.24, 2.45) is 0 Å². The van der Waals surface area contributed by atoms with Gasteiger partial charge in [-0.3, -0.25) is 0 Å². The van der Waals surface area contributed by atoms with Gasteiger partial charge in [0.15, 0.2) is 0 Å². The molecule has 106 valence electrons. The fraction of sp³-hybridized carbons (Fsp3) is 0.733. The lowest BCUT2D eigenvalue weighted by atomic mass is 10.2. The van der Waals surface area contributed by atoms with Crippen molar-refractivity contribution in [3.8, 4) is 0 Å². The minimum absolute atomic E-state index is 0.443. The maximum Gasteiger partial charge on any atom is 0.136 e. The first kappa shape index (κ1) is 14.1. The van der Waals surface area contributed by atoms with Gasteiger partial charge in [-0.15, -0.1) is 0 Å². The first-order chi connectivity index (χ1) is 9.11. The SMILES string of the molecule is CCCCCN(c1cc(N)nc(C2CC2)n1)C(C)C. The third-order valence-corrected chi connectivity index (χ3v) is 3.61. The molecule has 0 radical (unpaired) electrons. The number of unbranched alkanes of at least 4 members (excludes halogenated alkanes) is 2. The fourth-order valence-corrected chi connectivity index (χ4v) is 2.31. The van der Waals surface area contributed by atoms with Crippen molar-refractivity contribution in [2.75, 3.05) is 17.2 Å². The lowest BCUT2D eigenvalue weighted by Gasteiger charge is -2.28. The first-order valence-corrected chi connectivity index (χ1v) is 7.53. The summed E-state index contributed by atoms with van der Waals surface area (Å²) in [6.45, 7) is 7.70. The summed E-state index contributed by atoms with van der Waals surface area (Å²) in [6, 6.07) is 2.36. The van der Waals surface area contributed by atoms with Crippen LogP contribution < -0.4 is 10.6 Å². The quantitative estimate of drug-likeness (QED) is 0.766. The van der Waals surface area contributed by atoms with Crippen LogP contribution in [0.1, 0.15) is 64.6 Å². The molecule has 4 heteroatoms. The van der Waals surface area contributed by atoms with Gasteiger partial charge in [0, 0.05) is 24.6 Å². The second-order valence-corrected chi connectivity index (χ2v) is 5.78. The van der Waals surface area contributed by atoms with Gasteiger partial charge < -0.3 is 10.6 Å². The van der Waals surface area contributed by atoms with Crippen molar-refractivity contribution in [1.29, 1.82) is 0 Å². The number of nitrogens with two attached hydrogens (primary N) is 1. The van der Waals surface area contributed by atoms with Crippen LogP contribution in [0.4, 0.5) is 11.6 Å².